The third-order valence-corrected chi connectivity index (χ3v) is 5.54. The van der Waals surface area contributed by atoms with Crippen LogP contribution in [0.2, 0.25) is 0 Å². The van der Waals surface area contributed by atoms with Crippen molar-refractivity contribution in [3.05, 3.63) is 46.0 Å². The highest BCUT2D eigenvalue weighted by molar-refractivity contribution is 7.71. The Kier molecular flexibility index (Phi) is 4.05. The molecule has 0 saturated heterocycles. The fraction of sp³-hybridized carbons (Fsp3) is 0.158. The van der Waals surface area contributed by atoms with Crippen molar-refractivity contribution in [2.45, 2.75) is 19.8 Å². The maximum absolute atomic E-state index is 10.5. The number of phenols is 2. The van der Waals surface area contributed by atoms with Crippen molar-refractivity contribution >= 4 is 33.8 Å². The van der Waals surface area contributed by atoms with Crippen molar-refractivity contribution in [2.24, 2.45) is 0 Å². The maximum Gasteiger partial charge on any atom is 0.128 e. The molecule has 26 heavy (non-hydrogen) atoms. The van der Waals surface area contributed by atoms with Gasteiger partial charge in [0.2, 0.25) is 0 Å². The van der Waals surface area contributed by atoms with Gasteiger partial charge in [-0.2, -0.15) is 0 Å². The van der Waals surface area contributed by atoms with Crippen molar-refractivity contribution in [1.29, 1.82) is 0 Å². The molecule has 4 aromatic rings. The quantitative estimate of drug-likeness (QED) is 0.349. The zero-order valence-electron chi connectivity index (χ0n) is 14.2. The Morgan fingerprint density at radius 2 is 1.88 bits per heavy atom. The predicted octanol–water partition coefficient (Wildman–Crippen LogP) is 5.55. The van der Waals surface area contributed by atoms with E-state index in [0.717, 1.165) is 26.9 Å². The number of aromatic hydroxyl groups is 2. The first-order valence-electron chi connectivity index (χ1n) is 8.17. The van der Waals surface area contributed by atoms with Gasteiger partial charge in [0.05, 0.1) is 21.4 Å². The number of nitrogens with zero attached hydrogens (tertiary/aromatic N) is 1. The Balaban J connectivity index is 2.01. The van der Waals surface area contributed by atoms with Gasteiger partial charge in [-0.3, -0.25) is 10.2 Å². The molecular formula is C19H17N3O2S2. The van der Waals surface area contributed by atoms with Crippen LogP contribution in [0.25, 0.3) is 32.6 Å². The van der Waals surface area contributed by atoms with Crippen molar-refractivity contribution in [3.8, 4) is 33.9 Å². The molecule has 7 heteroatoms. The first kappa shape index (κ1) is 16.8. The van der Waals surface area contributed by atoms with Crippen molar-refractivity contribution < 1.29 is 10.2 Å². The van der Waals surface area contributed by atoms with Crippen LogP contribution in [0.5, 0.6) is 11.5 Å². The van der Waals surface area contributed by atoms with E-state index in [0.29, 0.717) is 15.9 Å². The summed E-state index contributed by atoms with van der Waals surface area (Å²) in [4.78, 5) is 4.47. The first-order chi connectivity index (χ1) is 12.5. The number of nitrogens with one attached hydrogen (secondary N) is 2. The van der Waals surface area contributed by atoms with E-state index in [2.05, 4.69) is 15.2 Å². The molecule has 2 heterocycles. The first-order valence-corrected chi connectivity index (χ1v) is 9.45. The fourth-order valence-corrected chi connectivity index (χ4v) is 4.13. The summed E-state index contributed by atoms with van der Waals surface area (Å²) in [5.74, 6) is 0.184. The molecule has 0 spiro atoms. The average Bonchev–Trinajstić information content (AvgIpc) is 3.21. The summed E-state index contributed by atoms with van der Waals surface area (Å²) in [6, 6.07) is 9.14. The molecule has 0 fully saturated rings. The Bertz CT molecular complexity index is 1170. The number of hydrogen-bond acceptors (Lipinski definition) is 5. The smallest absolute Gasteiger partial charge is 0.128 e. The number of H-pyrrole nitrogens is 2. The summed E-state index contributed by atoms with van der Waals surface area (Å²) < 4.78 is 1.61. The zero-order chi connectivity index (χ0) is 18.4. The summed E-state index contributed by atoms with van der Waals surface area (Å²) in [6.45, 7) is 3.98. The van der Waals surface area contributed by atoms with E-state index in [1.807, 2.05) is 37.6 Å². The summed E-state index contributed by atoms with van der Waals surface area (Å²) in [5.41, 5.74) is 6.39. The minimum absolute atomic E-state index is 0.0103. The highest BCUT2D eigenvalue weighted by Crippen LogP contribution is 2.42. The van der Waals surface area contributed by atoms with E-state index < -0.39 is 0 Å². The Morgan fingerprint density at radius 1 is 1.08 bits per heavy atom. The predicted molar refractivity (Wildman–Crippen MR) is 107 cm³/mol. The molecule has 0 radical (unpaired) electrons. The minimum Gasteiger partial charge on any atom is -0.508 e. The van der Waals surface area contributed by atoms with Crippen LogP contribution in [0.1, 0.15) is 25.3 Å². The number of para-hydroxylation sites is 1. The lowest BCUT2D eigenvalue weighted by atomic mass is 9.95. The lowest BCUT2D eigenvalue weighted by Gasteiger charge is -2.13. The molecule has 2 aromatic carbocycles. The molecule has 0 aliphatic carbocycles. The van der Waals surface area contributed by atoms with Gasteiger partial charge < -0.3 is 10.2 Å². The number of phenolic OH excluding ortho intramolecular Hbond substituents is 2. The number of hydrogen-bond donors (Lipinski definition) is 4. The Labute approximate surface area is 159 Å². The highest BCUT2D eigenvalue weighted by atomic mass is 32.1. The van der Waals surface area contributed by atoms with Gasteiger partial charge in [0, 0.05) is 22.8 Å². The standard InChI is InChI=1S/C19H17N3O2S2/c1-9(2)11-6-12(14(24)7-13(11)23)18-16(19(25)22-21-18)10-4-3-5-15-17(10)20-8-26-15/h3-9,23-24H,1-2H3,(H2,21,22,25). The van der Waals surface area contributed by atoms with Crippen LogP contribution in [-0.2, 0) is 0 Å². The van der Waals surface area contributed by atoms with Gasteiger partial charge in [0.25, 0.3) is 0 Å². The zero-order valence-corrected chi connectivity index (χ0v) is 15.8. The largest absolute Gasteiger partial charge is 0.508 e. The van der Waals surface area contributed by atoms with Crippen molar-refractivity contribution in [3.63, 3.8) is 0 Å². The summed E-state index contributed by atoms with van der Waals surface area (Å²) >= 11 is 7.07. The molecule has 132 valence electrons. The molecule has 0 atom stereocenters. The van der Waals surface area contributed by atoms with Gasteiger partial charge in [-0.25, -0.2) is 4.98 Å². The SMILES string of the molecule is CC(C)c1cc(-c2[nH][nH]c(=S)c2-c2cccc3scnc23)c(O)cc1O. The Hall–Kier alpha value is -2.64. The van der Waals surface area contributed by atoms with E-state index in [4.69, 9.17) is 12.2 Å². The molecule has 0 amide bonds. The number of aromatic amines is 2. The van der Waals surface area contributed by atoms with Crippen LogP contribution >= 0.6 is 23.6 Å². The van der Waals surface area contributed by atoms with Crippen LogP contribution < -0.4 is 0 Å². The third kappa shape index (κ3) is 2.60. The molecule has 5 nitrogen and oxygen atoms in total. The number of benzene rings is 2. The minimum atomic E-state index is -0.0103. The molecule has 4 N–H and O–H groups in total. The average molecular weight is 383 g/mol. The number of rotatable bonds is 3. The molecule has 4 rings (SSSR count). The fourth-order valence-electron chi connectivity index (χ4n) is 3.16. The van der Waals surface area contributed by atoms with Crippen molar-refractivity contribution in [2.75, 3.05) is 0 Å². The van der Waals surface area contributed by atoms with Crippen molar-refractivity contribution in [1.82, 2.24) is 15.2 Å². The van der Waals surface area contributed by atoms with Gasteiger partial charge in [-0.1, -0.05) is 38.2 Å². The van der Waals surface area contributed by atoms with Gasteiger partial charge in [-0.15, -0.1) is 11.3 Å². The van der Waals surface area contributed by atoms with E-state index in [1.54, 1.807) is 17.4 Å². The van der Waals surface area contributed by atoms with Gasteiger partial charge in [0.15, 0.2) is 0 Å². The second-order valence-corrected chi connectivity index (χ2v) is 7.71. The molecular weight excluding hydrogens is 366 g/mol. The van der Waals surface area contributed by atoms with E-state index in [9.17, 15) is 10.2 Å². The second kappa shape index (κ2) is 6.26. The summed E-state index contributed by atoms with van der Waals surface area (Å²) in [6.07, 6.45) is 0. The van der Waals surface area contributed by atoms with Crippen LogP contribution in [0, 0.1) is 4.64 Å². The molecule has 0 bridgehead atoms. The number of aromatic nitrogens is 3. The van der Waals surface area contributed by atoms with E-state index in [1.165, 1.54) is 6.07 Å². The lowest BCUT2D eigenvalue weighted by molar-refractivity contribution is 0.445. The van der Waals surface area contributed by atoms with Gasteiger partial charge in [0.1, 0.15) is 16.1 Å². The van der Waals surface area contributed by atoms with Crippen LogP contribution in [0.4, 0.5) is 0 Å². The van der Waals surface area contributed by atoms with E-state index >= 15 is 0 Å². The second-order valence-electron chi connectivity index (χ2n) is 6.42. The third-order valence-electron chi connectivity index (χ3n) is 4.44. The van der Waals surface area contributed by atoms with Gasteiger partial charge in [-0.05, 0) is 23.6 Å². The normalized spacial score (nSPS) is 11.5. The molecule has 0 aliphatic heterocycles. The molecule has 2 aromatic heterocycles. The van der Waals surface area contributed by atoms with Gasteiger partial charge >= 0.3 is 0 Å². The maximum atomic E-state index is 10.5. The molecule has 0 unspecified atom stereocenters. The monoisotopic (exact) mass is 383 g/mol. The molecule has 0 saturated carbocycles. The van der Waals surface area contributed by atoms with E-state index in [-0.39, 0.29) is 17.4 Å². The number of fused-ring (bicyclic) bond motifs is 1. The summed E-state index contributed by atoms with van der Waals surface area (Å²) in [7, 11) is 0. The number of thiazole rings is 1. The Morgan fingerprint density at radius 3 is 2.65 bits per heavy atom. The highest BCUT2D eigenvalue weighted by Gasteiger charge is 2.20. The van der Waals surface area contributed by atoms with Crippen LogP contribution in [0.15, 0.2) is 35.8 Å². The lowest BCUT2D eigenvalue weighted by Crippen LogP contribution is -1.92. The topological polar surface area (TPSA) is 84.9 Å². The molecule has 0 aliphatic rings. The summed E-state index contributed by atoms with van der Waals surface area (Å²) in [5, 5.41) is 26.6. The van der Waals surface area contributed by atoms with Crippen LogP contribution in [0.3, 0.4) is 0 Å². The van der Waals surface area contributed by atoms with Crippen LogP contribution in [-0.4, -0.2) is 25.4 Å².